The number of amides is 1. The Labute approximate surface area is 178 Å². The van der Waals surface area contributed by atoms with E-state index in [2.05, 4.69) is 0 Å². The van der Waals surface area contributed by atoms with Crippen molar-refractivity contribution in [2.45, 2.75) is 6.04 Å². The summed E-state index contributed by atoms with van der Waals surface area (Å²) >= 11 is 6.02. The predicted octanol–water partition coefficient (Wildman–Crippen LogP) is 1.61. The van der Waals surface area contributed by atoms with Crippen molar-refractivity contribution in [2.75, 3.05) is 27.2 Å². The van der Waals surface area contributed by atoms with Crippen LogP contribution in [0.2, 0.25) is 5.02 Å². The van der Waals surface area contributed by atoms with Crippen LogP contribution >= 0.6 is 11.6 Å². The number of nitrogens with one attached hydrogen (secondary N) is 1. The highest BCUT2D eigenvalue weighted by Gasteiger charge is 2.40. The van der Waals surface area contributed by atoms with Gasteiger partial charge >= 0.3 is 0 Å². The fourth-order valence-corrected chi connectivity index (χ4v) is 3.79. The van der Waals surface area contributed by atoms with Crippen molar-refractivity contribution < 1.29 is 24.0 Å². The molecule has 0 fully saturated rings. The molecule has 1 aliphatic rings. The summed E-state index contributed by atoms with van der Waals surface area (Å²) in [6, 6.07) is 14.9. The molecule has 0 spiro atoms. The molecule has 7 heteroatoms. The van der Waals surface area contributed by atoms with Gasteiger partial charge in [-0.2, -0.15) is 0 Å². The zero-order valence-corrected chi connectivity index (χ0v) is 17.4. The first-order chi connectivity index (χ1) is 14.4. The van der Waals surface area contributed by atoms with Gasteiger partial charge in [-0.1, -0.05) is 41.9 Å². The summed E-state index contributed by atoms with van der Waals surface area (Å²) < 4.78 is 5.68. The summed E-state index contributed by atoms with van der Waals surface area (Å²) in [6.45, 7) is 0.979. The number of benzene rings is 2. The summed E-state index contributed by atoms with van der Waals surface area (Å²) in [6.07, 6.45) is 0. The zero-order chi connectivity index (χ0) is 21.4. The summed E-state index contributed by atoms with van der Waals surface area (Å²) in [5.74, 6) is -1.97. The van der Waals surface area contributed by atoms with E-state index in [4.69, 9.17) is 16.0 Å². The maximum Gasteiger partial charge on any atom is 0.240 e. The summed E-state index contributed by atoms with van der Waals surface area (Å²) in [5, 5.41) is 14.2. The Balaban J connectivity index is 1.78. The second-order valence-electron chi connectivity index (χ2n) is 7.63. The molecule has 0 bridgehead atoms. The van der Waals surface area contributed by atoms with E-state index in [-0.39, 0.29) is 11.3 Å². The van der Waals surface area contributed by atoms with Crippen LogP contribution in [0.3, 0.4) is 0 Å². The largest absolute Gasteiger partial charge is 0.868 e. The number of carbonyl (C=O) groups excluding carboxylic acids is 2. The van der Waals surface area contributed by atoms with Crippen LogP contribution in [0.4, 0.5) is 0 Å². The van der Waals surface area contributed by atoms with Crippen LogP contribution in [-0.2, 0) is 4.79 Å². The van der Waals surface area contributed by atoms with E-state index in [0.717, 1.165) is 10.3 Å². The van der Waals surface area contributed by atoms with Gasteiger partial charge in [0.1, 0.15) is 5.58 Å². The topological polar surface area (TPSA) is 78.0 Å². The van der Waals surface area contributed by atoms with Crippen molar-refractivity contribution in [2.24, 2.45) is 0 Å². The first-order valence-electron chi connectivity index (χ1n) is 9.66. The van der Waals surface area contributed by atoms with Crippen molar-refractivity contribution >= 4 is 34.3 Å². The van der Waals surface area contributed by atoms with Gasteiger partial charge < -0.3 is 19.3 Å². The number of hydrogen-bond donors (Lipinski definition) is 1. The number of quaternary nitrogens is 1. The molecule has 6 nitrogen and oxygen atoms in total. The fourth-order valence-electron chi connectivity index (χ4n) is 3.66. The zero-order valence-electron chi connectivity index (χ0n) is 16.6. The first-order valence-corrected chi connectivity index (χ1v) is 10.0. The number of furan rings is 1. The summed E-state index contributed by atoms with van der Waals surface area (Å²) in [5.41, 5.74) is 1.12. The van der Waals surface area contributed by atoms with E-state index in [1.807, 2.05) is 26.2 Å². The van der Waals surface area contributed by atoms with Crippen molar-refractivity contribution in [1.29, 1.82) is 0 Å². The smallest absolute Gasteiger partial charge is 0.240 e. The molecule has 0 saturated carbocycles. The molecule has 1 atom stereocenters. The van der Waals surface area contributed by atoms with Crippen LogP contribution in [0, 0.1) is 0 Å². The number of halogens is 1. The Hall–Kier alpha value is -3.09. The monoisotopic (exact) mass is 424 g/mol. The van der Waals surface area contributed by atoms with Gasteiger partial charge in [0.05, 0.1) is 33.2 Å². The lowest BCUT2D eigenvalue weighted by Crippen LogP contribution is -3.06. The standard InChI is InChI=1S/C23H21ClN2O4/c1-25(2)11-12-26-20(14-7-9-16(24)10-8-14)19(22(28)23(26)29)21(27)18-13-15-5-3-4-6-17(15)30-18/h3-10,13,20,28H,11-12H2,1-2H3. The Bertz CT molecular complexity index is 1110. The van der Waals surface area contributed by atoms with E-state index < -0.39 is 23.5 Å². The minimum absolute atomic E-state index is 0.0476. The number of carbonyl (C=O) groups is 2. The molecule has 1 amide bonds. The van der Waals surface area contributed by atoms with Gasteiger partial charge in [0.15, 0.2) is 5.76 Å². The molecule has 1 aromatic heterocycles. The summed E-state index contributed by atoms with van der Waals surface area (Å²) in [7, 11) is 3.92. The highest BCUT2D eigenvalue weighted by Crippen LogP contribution is 2.38. The molecule has 2 heterocycles. The average molecular weight is 425 g/mol. The number of rotatable bonds is 6. The predicted molar refractivity (Wildman–Crippen MR) is 111 cm³/mol. The number of likely N-dealkylation sites (N-methyl/N-ethyl adjacent to an activating group) is 1. The third-order valence-electron chi connectivity index (χ3n) is 5.22. The number of para-hydroxylation sites is 1. The molecular formula is C23H21ClN2O4. The van der Waals surface area contributed by atoms with E-state index >= 15 is 0 Å². The normalized spacial score (nSPS) is 16.9. The number of ketones is 1. The molecule has 3 aromatic rings. The minimum atomic E-state index is -0.783. The van der Waals surface area contributed by atoms with Crippen molar-refractivity contribution in [3.05, 3.63) is 82.3 Å². The van der Waals surface area contributed by atoms with E-state index in [1.54, 1.807) is 42.5 Å². The van der Waals surface area contributed by atoms with Crippen molar-refractivity contribution in [3.8, 4) is 0 Å². The van der Waals surface area contributed by atoms with Crippen molar-refractivity contribution in [1.82, 2.24) is 4.90 Å². The molecule has 1 unspecified atom stereocenters. The highest BCUT2D eigenvalue weighted by molar-refractivity contribution is 6.30. The summed E-state index contributed by atoms with van der Waals surface area (Å²) in [4.78, 5) is 28.8. The van der Waals surface area contributed by atoms with Gasteiger partial charge in [-0.25, -0.2) is 0 Å². The molecule has 0 aliphatic carbocycles. The molecule has 0 saturated heterocycles. The molecule has 2 aromatic carbocycles. The van der Waals surface area contributed by atoms with Crippen LogP contribution in [0.25, 0.3) is 11.0 Å². The number of nitrogens with zero attached hydrogens (tertiary/aromatic N) is 1. The van der Waals surface area contributed by atoms with Gasteiger partial charge in [0.2, 0.25) is 11.7 Å². The van der Waals surface area contributed by atoms with E-state index in [0.29, 0.717) is 29.3 Å². The SMILES string of the molecule is C[NH+](C)CCN1C(=O)C([O-])=C(C(=O)c2cc3ccccc3o2)C1c1ccc(Cl)cc1. The van der Waals surface area contributed by atoms with Crippen LogP contribution in [-0.4, -0.2) is 43.8 Å². The highest BCUT2D eigenvalue weighted by atomic mass is 35.5. The maximum absolute atomic E-state index is 13.3. The lowest BCUT2D eigenvalue weighted by molar-refractivity contribution is -0.857. The van der Waals surface area contributed by atoms with Gasteiger partial charge in [-0.15, -0.1) is 0 Å². The molecule has 4 rings (SSSR count). The number of fused-ring (bicyclic) bond motifs is 1. The molecule has 1 N–H and O–H groups in total. The Morgan fingerprint density at radius 1 is 1.17 bits per heavy atom. The lowest BCUT2D eigenvalue weighted by Gasteiger charge is -2.27. The Morgan fingerprint density at radius 3 is 2.53 bits per heavy atom. The molecule has 154 valence electrons. The molecular weight excluding hydrogens is 404 g/mol. The van der Waals surface area contributed by atoms with Gasteiger partial charge in [0.25, 0.3) is 0 Å². The Kier molecular flexibility index (Phi) is 5.37. The fraction of sp³-hybridized carbons (Fsp3) is 0.217. The second-order valence-corrected chi connectivity index (χ2v) is 8.07. The number of hydrogen-bond acceptors (Lipinski definition) is 4. The molecule has 0 radical (unpaired) electrons. The first kappa shape index (κ1) is 20.2. The quantitative estimate of drug-likeness (QED) is 0.610. The van der Waals surface area contributed by atoms with E-state index in [9.17, 15) is 14.7 Å². The average Bonchev–Trinajstić information content (AvgIpc) is 3.26. The third-order valence-corrected chi connectivity index (χ3v) is 5.47. The van der Waals surface area contributed by atoms with Crippen LogP contribution < -0.4 is 10.0 Å². The van der Waals surface area contributed by atoms with Crippen LogP contribution in [0.5, 0.6) is 0 Å². The molecule has 1 aliphatic heterocycles. The third kappa shape index (κ3) is 3.60. The lowest BCUT2D eigenvalue weighted by atomic mass is 9.95. The second kappa shape index (κ2) is 7.97. The van der Waals surface area contributed by atoms with E-state index in [1.165, 1.54) is 4.90 Å². The number of Topliss-reactive ketones (excluding diaryl/α,β-unsaturated/α-hetero) is 1. The van der Waals surface area contributed by atoms with Gasteiger partial charge in [-0.05, 0) is 35.6 Å². The van der Waals surface area contributed by atoms with Crippen LogP contribution in [0.1, 0.15) is 22.2 Å². The minimum Gasteiger partial charge on any atom is -0.868 e. The Morgan fingerprint density at radius 2 is 1.87 bits per heavy atom. The van der Waals surface area contributed by atoms with Crippen molar-refractivity contribution in [3.63, 3.8) is 0 Å². The molecule has 30 heavy (non-hydrogen) atoms. The maximum atomic E-state index is 13.3. The van der Waals surface area contributed by atoms with Gasteiger partial charge in [0, 0.05) is 16.0 Å². The van der Waals surface area contributed by atoms with Crippen LogP contribution in [0.15, 0.2) is 70.3 Å². The van der Waals surface area contributed by atoms with Gasteiger partial charge in [-0.3, -0.25) is 9.59 Å².